The molecule has 0 aromatic carbocycles. The van der Waals surface area contributed by atoms with Crippen molar-refractivity contribution in [1.29, 1.82) is 0 Å². The number of hydrogen-bond donors (Lipinski definition) is 1. The van der Waals surface area contributed by atoms with Crippen LogP contribution in [0.4, 0.5) is 0 Å². The molecule has 1 aromatic heterocycles. The maximum Gasteiger partial charge on any atom is 0.176 e. The molecular weight excluding hydrogens is 230 g/mol. The van der Waals surface area contributed by atoms with E-state index in [1.54, 1.807) is 7.05 Å². The van der Waals surface area contributed by atoms with Crippen LogP contribution in [0.15, 0.2) is 0 Å². The van der Waals surface area contributed by atoms with Gasteiger partial charge in [0.25, 0.3) is 0 Å². The number of nitrogens with zero attached hydrogens (tertiary/aromatic N) is 4. The van der Waals surface area contributed by atoms with Crippen LogP contribution in [0.25, 0.3) is 0 Å². The van der Waals surface area contributed by atoms with Gasteiger partial charge in [-0.15, -0.1) is 10.2 Å². The molecular formula is C12H23N5O. The molecule has 0 spiro atoms. The van der Waals surface area contributed by atoms with E-state index in [9.17, 15) is 0 Å². The number of aryl methyl sites for hydroxylation is 1. The smallest absolute Gasteiger partial charge is 0.176 e. The lowest BCUT2D eigenvalue weighted by molar-refractivity contribution is -0.0884. The van der Waals surface area contributed by atoms with Crippen molar-refractivity contribution < 1.29 is 4.74 Å². The molecule has 1 N–H and O–H groups in total. The first-order valence-electron chi connectivity index (χ1n) is 6.74. The second-order valence-corrected chi connectivity index (χ2v) is 5.13. The van der Waals surface area contributed by atoms with E-state index in [1.807, 2.05) is 0 Å². The van der Waals surface area contributed by atoms with Gasteiger partial charge in [-0.3, -0.25) is 0 Å². The Bertz CT molecular complexity index is 372. The summed E-state index contributed by atoms with van der Waals surface area (Å²) in [6.45, 7) is 6.08. The SMILES string of the molecule is CCNC(Cc1nnn(C)n1)C1(C)CCCCO1. The summed E-state index contributed by atoms with van der Waals surface area (Å²) in [5.41, 5.74) is -0.118. The van der Waals surface area contributed by atoms with Crippen LogP contribution >= 0.6 is 0 Å². The maximum absolute atomic E-state index is 6.01. The Morgan fingerprint density at radius 1 is 1.50 bits per heavy atom. The molecule has 102 valence electrons. The molecule has 6 nitrogen and oxygen atoms in total. The van der Waals surface area contributed by atoms with Crippen molar-refractivity contribution in [1.82, 2.24) is 25.5 Å². The molecule has 0 aliphatic carbocycles. The first-order valence-corrected chi connectivity index (χ1v) is 6.74. The maximum atomic E-state index is 6.01. The van der Waals surface area contributed by atoms with Crippen molar-refractivity contribution in [2.75, 3.05) is 13.2 Å². The van der Waals surface area contributed by atoms with Crippen LogP contribution in [-0.4, -0.2) is 45.0 Å². The van der Waals surface area contributed by atoms with E-state index in [2.05, 4.69) is 34.6 Å². The van der Waals surface area contributed by atoms with Crippen LogP contribution in [0.3, 0.4) is 0 Å². The summed E-state index contributed by atoms with van der Waals surface area (Å²) in [5.74, 6) is 0.777. The third-order valence-corrected chi connectivity index (χ3v) is 3.62. The average molecular weight is 253 g/mol. The molecule has 1 aromatic rings. The van der Waals surface area contributed by atoms with Gasteiger partial charge >= 0.3 is 0 Å². The lowest BCUT2D eigenvalue weighted by Crippen LogP contribution is -2.53. The molecule has 6 heteroatoms. The van der Waals surface area contributed by atoms with E-state index >= 15 is 0 Å². The van der Waals surface area contributed by atoms with Crippen LogP contribution in [0.1, 0.15) is 38.9 Å². The molecule has 0 saturated carbocycles. The highest BCUT2D eigenvalue weighted by Crippen LogP contribution is 2.29. The predicted molar refractivity (Wildman–Crippen MR) is 68.2 cm³/mol. The standard InChI is InChI=1S/C12H23N5O/c1-4-13-10(9-11-14-16-17(3)15-11)12(2)7-5-6-8-18-12/h10,13H,4-9H2,1-3H3. The van der Waals surface area contributed by atoms with Crippen LogP contribution in [0, 0.1) is 0 Å². The summed E-state index contributed by atoms with van der Waals surface area (Å²) in [4.78, 5) is 1.50. The van der Waals surface area contributed by atoms with Gasteiger partial charge in [0.15, 0.2) is 5.82 Å². The van der Waals surface area contributed by atoms with Crippen molar-refractivity contribution in [3.8, 4) is 0 Å². The number of aromatic nitrogens is 4. The highest BCUT2D eigenvalue weighted by atomic mass is 16.5. The number of ether oxygens (including phenoxy) is 1. The fraction of sp³-hybridized carbons (Fsp3) is 0.917. The van der Waals surface area contributed by atoms with Gasteiger partial charge in [-0.1, -0.05) is 6.92 Å². The van der Waals surface area contributed by atoms with Gasteiger partial charge in [0, 0.05) is 19.1 Å². The van der Waals surface area contributed by atoms with E-state index in [4.69, 9.17) is 4.74 Å². The number of tetrazole rings is 1. The summed E-state index contributed by atoms with van der Waals surface area (Å²) in [6, 6.07) is 0.243. The molecule has 2 heterocycles. The molecule has 2 unspecified atom stereocenters. The number of hydrogen-bond acceptors (Lipinski definition) is 5. The van der Waals surface area contributed by atoms with Gasteiger partial charge in [0.05, 0.1) is 12.6 Å². The number of nitrogens with one attached hydrogen (secondary N) is 1. The molecule has 0 amide bonds. The third kappa shape index (κ3) is 3.05. The number of likely N-dealkylation sites (N-methyl/N-ethyl adjacent to an activating group) is 1. The molecule has 1 aliphatic rings. The van der Waals surface area contributed by atoms with Crippen LogP contribution in [0.2, 0.25) is 0 Å². The predicted octanol–water partition coefficient (Wildman–Crippen LogP) is 0.690. The van der Waals surface area contributed by atoms with E-state index < -0.39 is 0 Å². The molecule has 2 rings (SSSR count). The van der Waals surface area contributed by atoms with Gasteiger partial charge in [-0.25, -0.2) is 0 Å². The molecule has 1 fully saturated rings. The summed E-state index contributed by atoms with van der Waals surface area (Å²) in [5, 5.41) is 15.7. The van der Waals surface area contributed by atoms with Crippen molar-refractivity contribution in [2.45, 2.75) is 51.2 Å². The normalized spacial score (nSPS) is 26.2. The minimum atomic E-state index is -0.118. The summed E-state index contributed by atoms with van der Waals surface area (Å²) in [7, 11) is 1.79. The molecule has 0 bridgehead atoms. The molecule has 1 aliphatic heterocycles. The fourth-order valence-electron chi connectivity index (χ4n) is 2.57. The van der Waals surface area contributed by atoms with Gasteiger partial charge in [-0.2, -0.15) is 4.80 Å². The average Bonchev–Trinajstić information content (AvgIpc) is 2.75. The Labute approximate surface area is 108 Å². The van der Waals surface area contributed by atoms with Gasteiger partial charge < -0.3 is 10.1 Å². The Balaban J connectivity index is 2.06. The second kappa shape index (κ2) is 5.75. The molecule has 18 heavy (non-hydrogen) atoms. The highest BCUT2D eigenvalue weighted by Gasteiger charge is 2.37. The lowest BCUT2D eigenvalue weighted by atomic mass is 9.86. The zero-order valence-electron chi connectivity index (χ0n) is 11.5. The lowest BCUT2D eigenvalue weighted by Gasteiger charge is -2.40. The van der Waals surface area contributed by atoms with E-state index in [0.717, 1.165) is 38.2 Å². The van der Waals surface area contributed by atoms with E-state index in [-0.39, 0.29) is 11.6 Å². The monoisotopic (exact) mass is 253 g/mol. The first-order chi connectivity index (χ1) is 8.64. The third-order valence-electron chi connectivity index (χ3n) is 3.62. The van der Waals surface area contributed by atoms with Crippen molar-refractivity contribution >= 4 is 0 Å². The van der Waals surface area contributed by atoms with Gasteiger partial charge in [-0.05, 0) is 37.9 Å². The zero-order valence-corrected chi connectivity index (χ0v) is 11.5. The largest absolute Gasteiger partial charge is 0.374 e. The molecule has 1 saturated heterocycles. The van der Waals surface area contributed by atoms with Gasteiger partial charge in [0.2, 0.25) is 0 Å². The Morgan fingerprint density at radius 3 is 2.89 bits per heavy atom. The van der Waals surface area contributed by atoms with Crippen LogP contribution in [-0.2, 0) is 18.2 Å². The van der Waals surface area contributed by atoms with E-state index in [1.165, 1.54) is 11.2 Å². The van der Waals surface area contributed by atoms with Gasteiger partial charge in [0.1, 0.15) is 0 Å². The number of rotatable bonds is 5. The van der Waals surface area contributed by atoms with Crippen LogP contribution < -0.4 is 5.32 Å². The van der Waals surface area contributed by atoms with Crippen molar-refractivity contribution in [3.05, 3.63) is 5.82 Å². The Hall–Kier alpha value is -1.01. The summed E-state index contributed by atoms with van der Waals surface area (Å²) in [6.07, 6.45) is 4.24. The minimum absolute atomic E-state index is 0.118. The highest BCUT2D eigenvalue weighted by molar-refractivity contribution is 4.97. The second-order valence-electron chi connectivity index (χ2n) is 5.13. The Morgan fingerprint density at radius 2 is 2.33 bits per heavy atom. The van der Waals surface area contributed by atoms with Crippen molar-refractivity contribution in [2.24, 2.45) is 7.05 Å². The van der Waals surface area contributed by atoms with Crippen LogP contribution in [0.5, 0.6) is 0 Å². The molecule has 0 radical (unpaired) electrons. The van der Waals surface area contributed by atoms with E-state index in [0.29, 0.717) is 0 Å². The Kier molecular flexibility index (Phi) is 4.29. The molecule has 2 atom stereocenters. The topological polar surface area (TPSA) is 64.9 Å². The summed E-state index contributed by atoms with van der Waals surface area (Å²) < 4.78 is 6.01. The summed E-state index contributed by atoms with van der Waals surface area (Å²) >= 11 is 0. The fourth-order valence-corrected chi connectivity index (χ4v) is 2.57. The quantitative estimate of drug-likeness (QED) is 0.836. The minimum Gasteiger partial charge on any atom is -0.374 e. The first kappa shape index (κ1) is 13.4. The zero-order chi connectivity index (χ0) is 13.0. The van der Waals surface area contributed by atoms with Crippen molar-refractivity contribution in [3.63, 3.8) is 0 Å².